The molecule has 1 saturated carbocycles. The molecule has 1 aliphatic carbocycles. The molecule has 236 valence electrons. The molecule has 1 atom stereocenters. The highest BCUT2D eigenvalue weighted by atomic mass is 35.5. The number of anilines is 1. The Balaban J connectivity index is 1.76. The first-order valence-electron chi connectivity index (χ1n) is 14.8. The summed E-state index contributed by atoms with van der Waals surface area (Å²) in [5, 5.41) is 3.69. The van der Waals surface area contributed by atoms with E-state index in [-0.39, 0.29) is 34.8 Å². The van der Waals surface area contributed by atoms with Crippen LogP contribution < -0.4 is 19.1 Å². The molecular formula is C33H40ClN3O6S. The van der Waals surface area contributed by atoms with Gasteiger partial charge in [-0.05, 0) is 61.2 Å². The second-order valence-electron chi connectivity index (χ2n) is 10.8. The number of nitrogens with one attached hydrogen (secondary N) is 1. The fourth-order valence-electron chi connectivity index (χ4n) is 5.47. The van der Waals surface area contributed by atoms with E-state index in [2.05, 4.69) is 5.32 Å². The molecule has 0 heterocycles. The van der Waals surface area contributed by atoms with E-state index in [9.17, 15) is 18.0 Å². The van der Waals surface area contributed by atoms with Gasteiger partial charge in [-0.25, -0.2) is 8.42 Å². The van der Waals surface area contributed by atoms with E-state index < -0.39 is 28.5 Å². The smallest absolute Gasteiger partial charge is 0.264 e. The quantitative estimate of drug-likeness (QED) is 0.253. The van der Waals surface area contributed by atoms with Gasteiger partial charge in [-0.15, -0.1) is 0 Å². The fraction of sp³-hybridized carbons (Fsp3) is 0.394. The Morgan fingerprint density at radius 2 is 1.64 bits per heavy atom. The van der Waals surface area contributed by atoms with Crippen molar-refractivity contribution in [2.45, 2.75) is 69.0 Å². The molecule has 9 nitrogen and oxygen atoms in total. The van der Waals surface area contributed by atoms with E-state index in [4.69, 9.17) is 21.1 Å². The van der Waals surface area contributed by atoms with Crippen LogP contribution in [0.15, 0.2) is 77.7 Å². The highest BCUT2D eigenvalue weighted by Gasteiger charge is 2.35. The van der Waals surface area contributed by atoms with Gasteiger partial charge in [0, 0.05) is 23.7 Å². The Hall–Kier alpha value is -3.76. The van der Waals surface area contributed by atoms with E-state index >= 15 is 0 Å². The number of sulfonamides is 1. The Morgan fingerprint density at radius 3 is 2.25 bits per heavy atom. The number of nitrogens with zero attached hydrogens (tertiary/aromatic N) is 2. The van der Waals surface area contributed by atoms with Crippen molar-refractivity contribution in [3.63, 3.8) is 0 Å². The summed E-state index contributed by atoms with van der Waals surface area (Å²) in [4.78, 5) is 29.5. The van der Waals surface area contributed by atoms with E-state index in [0.717, 1.165) is 42.0 Å². The van der Waals surface area contributed by atoms with Gasteiger partial charge in [0.05, 0.1) is 24.8 Å². The molecular weight excluding hydrogens is 602 g/mol. The third-order valence-electron chi connectivity index (χ3n) is 7.87. The SMILES string of the molecule is CCC(C(=O)NC1CCCCC1)N(Cc1ccc(Cl)cc1)C(=O)CN(c1cc(OC)ccc1OC)S(=O)(=O)c1ccccc1. The van der Waals surface area contributed by atoms with Crippen molar-refractivity contribution < 1.29 is 27.5 Å². The fourth-order valence-corrected chi connectivity index (χ4v) is 7.04. The molecule has 0 aliphatic heterocycles. The average Bonchev–Trinajstić information content (AvgIpc) is 3.04. The average molecular weight is 642 g/mol. The van der Waals surface area contributed by atoms with Gasteiger partial charge in [0.15, 0.2) is 0 Å². The lowest BCUT2D eigenvalue weighted by Crippen LogP contribution is -2.54. The zero-order chi connectivity index (χ0) is 31.7. The van der Waals surface area contributed by atoms with Gasteiger partial charge in [0.2, 0.25) is 11.8 Å². The normalized spacial score (nSPS) is 14.4. The molecule has 1 unspecified atom stereocenters. The predicted octanol–water partition coefficient (Wildman–Crippen LogP) is 5.81. The molecule has 3 aromatic carbocycles. The first kappa shape index (κ1) is 33.1. The van der Waals surface area contributed by atoms with E-state index in [0.29, 0.717) is 17.2 Å². The molecule has 1 fully saturated rings. The topological polar surface area (TPSA) is 105 Å². The van der Waals surface area contributed by atoms with Crippen LogP contribution in [0.25, 0.3) is 0 Å². The van der Waals surface area contributed by atoms with Gasteiger partial charge in [-0.3, -0.25) is 13.9 Å². The van der Waals surface area contributed by atoms with Crippen LogP contribution >= 0.6 is 11.6 Å². The summed E-state index contributed by atoms with van der Waals surface area (Å²) in [6, 6.07) is 18.9. The number of hydrogen-bond donors (Lipinski definition) is 1. The van der Waals surface area contributed by atoms with Crippen LogP contribution in [-0.2, 0) is 26.2 Å². The first-order chi connectivity index (χ1) is 21.2. The minimum Gasteiger partial charge on any atom is -0.497 e. The van der Waals surface area contributed by atoms with Crippen molar-refractivity contribution in [3.8, 4) is 11.5 Å². The monoisotopic (exact) mass is 641 g/mol. The Labute approximate surface area is 265 Å². The molecule has 3 aromatic rings. The van der Waals surface area contributed by atoms with Crippen LogP contribution in [0.2, 0.25) is 5.02 Å². The number of carbonyl (C=O) groups excluding carboxylic acids is 2. The molecule has 0 bridgehead atoms. The summed E-state index contributed by atoms with van der Waals surface area (Å²) in [5.74, 6) is -0.171. The summed E-state index contributed by atoms with van der Waals surface area (Å²) >= 11 is 6.12. The first-order valence-corrected chi connectivity index (χ1v) is 16.6. The largest absolute Gasteiger partial charge is 0.497 e. The van der Waals surface area contributed by atoms with Gasteiger partial charge < -0.3 is 19.7 Å². The lowest BCUT2D eigenvalue weighted by molar-refractivity contribution is -0.140. The number of benzene rings is 3. The van der Waals surface area contributed by atoms with Crippen LogP contribution in [0.3, 0.4) is 0 Å². The standard InChI is InChI=1S/C33H40ClN3O6S/c1-4-29(33(39)35-26-11-7-5-8-12-26)36(22-24-15-17-25(34)18-16-24)32(38)23-37(44(40,41)28-13-9-6-10-14-28)30-21-27(42-2)19-20-31(30)43-3/h6,9-10,13-21,26,29H,4-5,7-8,11-12,22-23H2,1-3H3,(H,35,39). The van der Waals surface area contributed by atoms with Crippen molar-refractivity contribution in [3.05, 3.63) is 83.4 Å². The molecule has 0 radical (unpaired) electrons. The number of halogens is 1. The van der Waals surface area contributed by atoms with Gasteiger partial charge >= 0.3 is 0 Å². The van der Waals surface area contributed by atoms with E-state index in [1.54, 1.807) is 54.6 Å². The highest BCUT2D eigenvalue weighted by molar-refractivity contribution is 7.92. The summed E-state index contributed by atoms with van der Waals surface area (Å²) in [5.41, 5.74) is 0.887. The zero-order valence-electron chi connectivity index (χ0n) is 25.4. The number of hydrogen-bond acceptors (Lipinski definition) is 6. The number of amides is 2. The highest BCUT2D eigenvalue weighted by Crippen LogP contribution is 2.36. The Kier molecular flexibility index (Phi) is 11.5. The molecule has 0 saturated heterocycles. The molecule has 0 spiro atoms. The van der Waals surface area contributed by atoms with Crippen LogP contribution in [0.5, 0.6) is 11.5 Å². The van der Waals surface area contributed by atoms with Crippen molar-refractivity contribution in [2.24, 2.45) is 0 Å². The van der Waals surface area contributed by atoms with Crippen LogP contribution in [0.1, 0.15) is 51.0 Å². The summed E-state index contributed by atoms with van der Waals surface area (Å²) in [7, 11) is -1.37. The summed E-state index contributed by atoms with van der Waals surface area (Å²) in [6.45, 7) is 1.35. The minimum absolute atomic E-state index is 0.00371. The maximum Gasteiger partial charge on any atom is 0.264 e. The lowest BCUT2D eigenvalue weighted by atomic mass is 9.95. The Morgan fingerprint density at radius 1 is 0.955 bits per heavy atom. The predicted molar refractivity (Wildman–Crippen MR) is 172 cm³/mol. The number of methoxy groups -OCH3 is 2. The molecule has 2 amide bonds. The number of ether oxygens (including phenoxy) is 2. The van der Waals surface area contributed by atoms with Crippen molar-refractivity contribution in [1.29, 1.82) is 0 Å². The molecule has 44 heavy (non-hydrogen) atoms. The maximum atomic E-state index is 14.4. The molecule has 11 heteroatoms. The van der Waals surface area contributed by atoms with Gasteiger partial charge in [0.1, 0.15) is 24.1 Å². The zero-order valence-corrected chi connectivity index (χ0v) is 26.9. The van der Waals surface area contributed by atoms with Gasteiger partial charge in [0.25, 0.3) is 10.0 Å². The van der Waals surface area contributed by atoms with E-state index in [1.165, 1.54) is 37.3 Å². The summed E-state index contributed by atoms with van der Waals surface area (Å²) in [6.07, 6.45) is 5.36. The molecule has 0 aromatic heterocycles. The number of rotatable bonds is 13. The second-order valence-corrected chi connectivity index (χ2v) is 13.1. The second kappa shape index (κ2) is 15.3. The van der Waals surface area contributed by atoms with Gasteiger partial charge in [-0.1, -0.05) is 68.1 Å². The third kappa shape index (κ3) is 8.04. The Bertz CT molecular complexity index is 1510. The van der Waals surface area contributed by atoms with E-state index in [1.807, 2.05) is 6.92 Å². The van der Waals surface area contributed by atoms with Crippen LogP contribution in [0.4, 0.5) is 5.69 Å². The molecule has 1 N–H and O–H groups in total. The van der Waals surface area contributed by atoms with Gasteiger partial charge in [-0.2, -0.15) is 0 Å². The van der Waals surface area contributed by atoms with Crippen molar-refractivity contribution >= 4 is 39.1 Å². The lowest BCUT2D eigenvalue weighted by Gasteiger charge is -2.34. The maximum absolute atomic E-state index is 14.4. The minimum atomic E-state index is -4.26. The third-order valence-corrected chi connectivity index (χ3v) is 9.89. The summed E-state index contributed by atoms with van der Waals surface area (Å²) < 4.78 is 40.3. The van der Waals surface area contributed by atoms with Crippen LogP contribution in [-0.4, -0.2) is 58.0 Å². The van der Waals surface area contributed by atoms with Crippen molar-refractivity contribution in [1.82, 2.24) is 10.2 Å². The molecule has 1 aliphatic rings. The molecule has 4 rings (SSSR count). The van der Waals surface area contributed by atoms with Crippen molar-refractivity contribution in [2.75, 3.05) is 25.1 Å². The van der Waals surface area contributed by atoms with Crippen LogP contribution in [0, 0.1) is 0 Å². The number of carbonyl (C=O) groups is 2.